The molecule has 0 aromatic heterocycles. The summed E-state index contributed by atoms with van der Waals surface area (Å²) in [5.74, 6) is -1.81. The smallest absolute Gasteiger partial charge is 0.326 e. The minimum Gasteiger partial charge on any atom is -0.480 e. The highest BCUT2D eigenvalue weighted by Crippen LogP contribution is 2.14. The summed E-state index contributed by atoms with van der Waals surface area (Å²) in [6.45, 7) is 3.21. The maximum Gasteiger partial charge on any atom is 0.326 e. The Labute approximate surface area is 123 Å². The Morgan fingerprint density at radius 1 is 1.33 bits per heavy atom. The number of unbranched alkanes of at least 4 members (excludes halogenated alkanes) is 1. The molecule has 0 radical (unpaired) electrons. The van der Waals surface area contributed by atoms with Crippen LogP contribution in [0.2, 0.25) is 0 Å². The fourth-order valence-corrected chi connectivity index (χ4v) is 1.77. The maximum atomic E-state index is 12.0. The molecule has 21 heavy (non-hydrogen) atoms. The van der Waals surface area contributed by atoms with Crippen molar-refractivity contribution in [3.05, 3.63) is 29.8 Å². The molecule has 1 aromatic rings. The van der Waals surface area contributed by atoms with Crippen molar-refractivity contribution in [1.29, 1.82) is 0 Å². The van der Waals surface area contributed by atoms with Crippen LogP contribution in [-0.2, 0) is 9.59 Å². The highest BCUT2D eigenvalue weighted by Gasteiger charge is 2.20. The predicted molar refractivity (Wildman–Crippen MR) is 76.2 cm³/mol. The molecule has 114 valence electrons. The van der Waals surface area contributed by atoms with Crippen molar-refractivity contribution in [3.63, 3.8) is 0 Å². The van der Waals surface area contributed by atoms with Crippen LogP contribution in [0.15, 0.2) is 24.3 Å². The Bertz CT molecular complexity index is 527. The van der Waals surface area contributed by atoms with E-state index in [0.29, 0.717) is 12.8 Å². The van der Waals surface area contributed by atoms with Crippen molar-refractivity contribution in [2.45, 2.75) is 39.2 Å². The molecular weight excluding hydrogens is 274 g/mol. The molecule has 6 heteroatoms. The van der Waals surface area contributed by atoms with Gasteiger partial charge in [0.2, 0.25) is 0 Å². The Balaban J connectivity index is 2.77. The van der Waals surface area contributed by atoms with E-state index in [-0.39, 0.29) is 11.3 Å². The standard InChI is InChI=1S/C15H19NO5/c1-3-4-8-13(15(19)20)16-14(18)11-6-5-7-12(9-11)21-10(2)17/h5-7,9,13H,3-4,8H2,1-2H3,(H,16,18)(H,19,20)/t13-/m0/s1. The normalized spacial score (nSPS) is 11.5. The van der Waals surface area contributed by atoms with Gasteiger partial charge in [0.1, 0.15) is 11.8 Å². The summed E-state index contributed by atoms with van der Waals surface area (Å²) in [4.78, 5) is 34.0. The quantitative estimate of drug-likeness (QED) is 0.592. The van der Waals surface area contributed by atoms with Gasteiger partial charge in [-0.1, -0.05) is 25.8 Å². The van der Waals surface area contributed by atoms with E-state index in [1.54, 1.807) is 12.1 Å². The van der Waals surface area contributed by atoms with E-state index in [1.165, 1.54) is 19.1 Å². The van der Waals surface area contributed by atoms with Crippen LogP contribution in [-0.4, -0.2) is 29.0 Å². The van der Waals surface area contributed by atoms with Crippen molar-refractivity contribution >= 4 is 17.8 Å². The Morgan fingerprint density at radius 3 is 2.62 bits per heavy atom. The molecule has 1 aromatic carbocycles. The number of carboxylic acids is 1. The molecule has 0 aliphatic carbocycles. The third-order valence-electron chi connectivity index (χ3n) is 2.81. The summed E-state index contributed by atoms with van der Waals surface area (Å²) in [5, 5.41) is 11.6. The van der Waals surface area contributed by atoms with E-state index < -0.39 is 23.9 Å². The van der Waals surface area contributed by atoms with E-state index in [1.807, 2.05) is 6.92 Å². The van der Waals surface area contributed by atoms with Gasteiger partial charge >= 0.3 is 11.9 Å². The number of hydrogen-bond acceptors (Lipinski definition) is 4. The van der Waals surface area contributed by atoms with Crippen molar-refractivity contribution < 1.29 is 24.2 Å². The van der Waals surface area contributed by atoms with Gasteiger partial charge in [0, 0.05) is 12.5 Å². The first-order valence-electron chi connectivity index (χ1n) is 6.76. The van der Waals surface area contributed by atoms with Crippen LogP contribution < -0.4 is 10.1 Å². The molecule has 0 unspecified atom stereocenters. The molecule has 0 saturated heterocycles. The molecule has 0 fully saturated rings. The number of carboxylic acid groups (broad SMARTS) is 1. The molecule has 1 rings (SSSR count). The maximum absolute atomic E-state index is 12.0. The molecule has 6 nitrogen and oxygen atoms in total. The third kappa shape index (κ3) is 5.64. The summed E-state index contributed by atoms with van der Waals surface area (Å²) >= 11 is 0. The summed E-state index contributed by atoms with van der Waals surface area (Å²) in [7, 11) is 0. The number of esters is 1. The summed E-state index contributed by atoms with van der Waals surface area (Å²) in [6.07, 6.45) is 1.94. The Kier molecular flexibility index (Phi) is 6.39. The fraction of sp³-hybridized carbons (Fsp3) is 0.400. The number of carbonyl (C=O) groups excluding carboxylic acids is 2. The predicted octanol–water partition coefficient (Wildman–Crippen LogP) is 1.99. The van der Waals surface area contributed by atoms with Crippen LogP contribution in [0, 0.1) is 0 Å². The van der Waals surface area contributed by atoms with Crippen LogP contribution in [0.25, 0.3) is 0 Å². The number of amides is 1. The summed E-state index contributed by atoms with van der Waals surface area (Å²) < 4.78 is 4.89. The number of benzene rings is 1. The molecular formula is C15H19NO5. The van der Waals surface area contributed by atoms with Crippen LogP contribution in [0.4, 0.5) is 0 Å². The molecule has 1 amide bonds. The average molecular weight is 293 g/mol. The monoisotopic (exact) mass is 293 g/mol. The van der Waals surface area contributed by atoms with Crippen LogP contribution in [0.3, 0.4) is 0 Å². The molecule has 0 bridgehead atoms. The summed E-state index contributed by atoms with van der Waals surface area (Å²) in [6, 6.07) is 5.12. The van der Waals surface area contributed by atoms with Crippen molar-refractivity contribution in [1.82, 2.24) is 5.32 Å². The lowest BCUT2D eigenvalue weighted by Crippen LogP contribution is -2.40. The first-order valence-corrected chi connectivity index (χ1v) is 6.76. The number of rotatable bonds is 7. The van der Waals surface area contributed by atoms with Gasteiger partial charge in [-0.3, -0.25) is 9.59 Å². The third-order valence-corrected chi connectivity index (χ3v) is 2.81. The zero-order chi connectivity index (χ0) is 15.8. The molecule has 0 saturated carbocycles. The van der Waals surface area contributed by atoms with Crippen molar-refractivity contribution in [2.24, 2.45) is 0 Å². The number of hydrogen-bond donors (Lipinski definition) is 2. The van der Waals surface area contributed by atoms with Gasteiger partial charge in [-0.15, -0.1) is 0 Å². The van der Waals surface area contributed by atoms with E-state index in [4.69, 9.17) is 9.84 Å². The molecule has 1 atom stereocenters. The fourth-order valence-electron chi connectivity index (χ4n) is 1.77. The second-order valence-electron chi connectivity index (χ2n) is 4.63. The van der Waals surface area contributed by atoms with E-state index in [2.05, 4.69) is 5.32 Å². The lowest BCUT2D eigenvalue weighted by molar-refractivity contribution is -0.139. The number of carbonyl (C=O) groups is 3. The Morgan fingerprint density at radius 2 is 2.05 bits per heavy atom. The van der Waals surface area contributed by atoms with Crippen molar-refractivity contribution in [2.75, 3.05) is 0 Å². The van der Waals surface area contributed by atoms with Gasteiger partial charge in [-0.05, 0) is 24.6 Å². The van der Waals surface area contributed by atoms with Gasteiger partial charge in [0.05, 0.1) is 0 Å². The highest BCUT2D eigenvalue weighted by molar-refractivity contribution is 5.97. The lowest BCUT2D eigenvalue weighted by Gasteiger charge is -2.14. The SMILES string of the molecule is CCCC[C@H](NC(=O)c1cccc(OC(C)=O)c1)C(=O)O. The topological polar surface area (TPSA) is 92.7 Å². The first kappa shape index (κ1) is 16.7. The largest absolute Gasteiger partial charge is 0.480 e. The second-order valence-corrected chi connectivity index (χ2v) is 4.63. The lowest BCUT2D eigenvalue weighted by atomic mass is 10.1. The number of nitrogens with one attached hydrogen (secondary N) is 1. The molecule has 0 aliphatic heterocycles. The zero-order valence-corrected chi connectivity index (χ0v) is 12.1. The van der Waals surface area contributed by atoms with Crippen molar-refractivity contribution in [3.8, 4) is 5.75 Å². The molecule has 0 heterocycles. The van der Waals surface area contributed by atoms with Crippen LogP contribution >= 0.6 is 0 Å². The molecule has 0 spiro atoms. The molecule has 2 N–H and O–H groups in total. The van der Waals surface area contributed by atoms with Crippen LogP contribution in [0.1, 0.15) is 43.5 Å². The Hall–Kier alpha value is -2.37. The van der Waals surface area contributed by atoms with Gasteiger partial charge in [0.25, 0.3) is 5.91 Å². The second kappa shape index (κ2) is 8.04. The van der Waals surface area contributed by atoms with Gasteiger partial charge in [-0.25, -0.2) is 4.79 Å². The van der Waals surface area contributed by atoms with E-state index in [9.17, 15) is 14.4 Å². The zero-order valence-electron chi connectivity index (χ0n) is 12.1. The van der Waals surface area contributed by atoms with Gasteiger partial charge in [-0.2, -0.15) is 0 Å². The number of aliphatic carboxylic acids is 1. The minimum absolute atomic E-state index is 0.246. The summed E-state index contributed by atoms with van der Waals surface area (Å²) in [5.41, 5.74) is 0.247. The van der Waals surface area contributed by atoms with Crippen LogP contribution in [0.5, 0.6) is 5.75 Å². The van der Waals surface area contributed by atoms with E-state index in [0.717, 1.165) is 6.42 Å². The van der Waals surface area contributed by atoms with E-state index >= 15 is 0 Å². The molecule has 0 aliphatic rings. The number of ether oxygens (including phenoxy) is 1. The highest BCUT2D eigenvalue weighted by atomic mass is 16.5. The van der Waals surface area contributed by atoms with Gasteiger partial charge in [0.15, 0.2) is 0 Å². The minimum atomic E-state index is -1.06. The first-order chi connectivity index (χ1) is 9.93. The average Bonchev–Trinajstić information content (AvgIpc) is 2.42. The van der Waals surface area contributed by atoms with Gasteiger partial charge < -0.3 is 15.2 Å².